The summed E-state index contributed by atoms with van der Waals surface area (Å²) in [6.45, 7) is 10.4. The van der Waals surface area contributed by atoms with Gasteiger partial charge in [-0.3, -0.25) is 4.90 Å². The van der Waals surface area contributed by atoms with Gasteiger partial charge in [-0.15, -0.1) is 23.7 Å². The van der Waals surface area contributed by atoms with Crippen LogP contribution >= 0.6 is 23.7 Å². The van der Waals surface area contributed by atoms with Crippen molar-refractivity contribution in [1.29, 1.82) is 0 Å². The molecular formula is C16H29ClN2S. The smallest absolute Gasteiger partial charge is 0.0327 e. The minimum Gasteiger partial charge on any atom is -0.317 e. The van der Waals surface area contributed by atoms with E-state index in [1.54, 1.807) is 0 Å². The van der Waals surface area contributed by atoms with E-state index in [1.165, 1.54) is 42.1 Å². The lowest BCUT2D eigenvalue weighted by atomic mass is 9.95. The highest BCUT2D eigenvalue weighted by Gasteiger charge is 2.19. The lowest BCUT2D eigenvalue weighted by Crippen LogP contribution is -2.31. The lowest BCUT2D eigenvalue weighted by Gasteiger charge is -2.26. The summed E-state index contributed by atoms with van der Waals surface area (Å²) in [4.78, 5) is 5.55. The molecule has 2 rings (SSSR count). The van der Waals surface area contributed by atoms with E-state index in [-0.39, 0.29) is 17.8 Å². The molecule has 1 aromatic rings. The Morgan fingerprint density at radius 3 is 2.65 bits per heavy atom. The molecule has 2 heterocycles. The molecule has 116 valence electrons. The van der Waals surface area contributed by atoms with Gasteiger partial charge in [0.2, 0.25) is 0 Å². The van der Waals surface area contributed by atoms with Gasteiger partial charge in [0.05, 0.1) is 0 Å². The van der Waals surface area contributed by atoms with E-state index in [0.29, 0.717) is 0 Å². The molecule has 1 saturated heterocycles. The van der Waals surface area contributed by atoms with Crippen LogP contribution in [-0.4, -0.2) is 31.1 Å². The number of hydrogen-bond acceptors (Lipinski definition) is 3. The number of nitrogens with one attached hydrogen (secondary N) is 1. The number of halogens is 1. The minimum absolute atomic E-state index is 0. The molecule has 1 atom stereocenters. The zero-order valence-electron chi connectivity index (χ0n) is 13.2. The normalized spacial score (nSPS) is 20.6. The molecule has 1 aromatic heterocycles. The summed E-state index contributed by atoms with van der Waals surface area (Å²) in [5, 5.41) is 3.50. The quantitative estimate of drug-likeness (QED) is 0.905. The van der Waals surface area contributed by atoms with Crippen LogP contribution in [-0.2, 0) is 12.0 Å². The van der Waals surface area contributed by atoms with Gasteiger partial charge in [0.15, 0.2) is 0 Å². The van der Waals surface area contributed by atoms with E-state index < -0.39 is 0 Å². The molecule has 2 nitrogen and oxygen atoms in total. The van der Waals surface area contributed by atoms with Gasteiger partial charge >= 0.3 is 0 Å². The van der Waals surface area contributed by atoms with Crippen molar-refractivity contribution in [1.82, 2.24) is 10.2 Å². The second-order valence-electron chi connectivity index (χ2n) is 6.77. The first-order valence-electron chi connectivity index (χ1n) is 7.47. The summed E-state index contributed by atoms with van der Waals surface area (Å²) in [6, 6.07) is 5.37. The van der Waals surface area contributed by atoms with Crippen LogP contribution in [0, 0.1) is 0 Å². The third-order valence-electron chi connectivity index (χ3n) is 3.97. The Bertz CT molecular complexity index is 389. The largest absolute Gasteiger partial charge is 0.317 e. The predicted molar refractivity (Wildman–Crippen MR) is 92.2 cm³/mol. The van der Waals surface area contributed by atoms with Crippen LogP contribution in [0.5, 0.6) is 0 Å². The van der Waals surface area contributed by atoms with Crippen LogP contribution < -0.4 is 5.32 Å². The molecule has 0 amide bonds. The van der Waals surface area contributed by atoms with Crippen molar-refractivity contribution in [2.24, 2.45) is 0 Å². The van der Waals surface area contributed by atoms with Crippen LogP contribution in [0.4, 0.5) is 0 Å². The molecule has 1 aliphatic heterocycles. The SMILES string of the molecule is CN(Cc1ccc(C(C)(C)C)s1)C1CCCNCC1.Cl. The second kappa shape index (κ2) is 7.79. The van der Waals surface area contributed by atoms with Gasteiger partial charge in [-0.25, -0.2) is 0 Å². The fraction of sp³-hybridized carbons (Fsp3) is 0.750. The highest BCUT2D eigenvalue weighted by Crippen LogP contribution is 2.30. The van der Waals surface area contributed by atoms with Gasteiger partial charge in [-0.1, -0.05) is 20.8 Å². The summed E-state index contributed by atoms with van der Waals surface area (Å²) in [6.07, 6.45) is 3.93. The van der Waals surface area contributed by atoms with E-state index in [9.17, 15) is 0 Å². The monoisotopic (exact) mass is 316 g/mol. The Kier molecular flexibility index (Phi) is 6.99. The fourth-order valence-electron chi connectivity index (χ4n) is 2.68. The maximum Gasteiger partial charge on any atom is 0.0327 e. The van der Waals surface area contributed by atoms with Gasteiger partial charge in [0.25, 0.3) is 0 Å². The summed E-state index contributed by atoms with van der Waals surface area (Å²) >= 11 is 1.98. The topological polar surface area (TPSA) is 15.3 Å². The summed E-state index contributed by atoms with van der Waals surface area (Å²) in [5.74, 6) is 0. The van der Waals surface area contributed by atoms with Crippen molar-refractivity contribution in [2.45, 2.75) is 58.0 Å². The van der Waals surface area contributed by atoms with Crippen LogP contribution in [0.2, 0.25) is 0 Å². The lowest BCUT2D eigenvalue weighted by molar-refractivity contribution is 0.218. The van der Waals surface area contributed by atoms with Gasteiger partial charge in [0, 0.05) is 22.3 Å². The van der Waals surface area contributed by atoms with Gasteiger partial charge in [-0.05, 0) is 56.9 Å². The Morgan fingerprint density at radius 1 is 1.25 bits per heavy atom. The second-order valence-corrected chi connectivity index (χ2v) is 7.93. The molecule has 0 aliphatic carbocycles. The van der Waals surface area contributed by atoms with Crippen LogP contribution in [0.1, 0.15) is 49.8 Å². The zero-order valence-corrected chi connectivity index (χ0v) is 14.9. The van der Waals surface area contributed by atoms with Gasteiger partial charge < -0.3 is 5.32 Å². The molecule has 20 heavy (non-hydrogen) atoms. The molecule has 0 spiro atoms. The van der Waals surface area contributed by atoms with E-state index in [2.05, 4.69) is 50.2 Å². The summed E-state index contributed by atoms with van der Waals surface area (Å²) in [7, 11) is 2.28. The van der Waals surface area contributed by atoms with E-state index in [0.717, 1.165) is 12.6 Å². The van der Waals surface area contributed by atoms with Crippen molar-refractivity contribution in [3.05, 3.63) is 21.9 Å². The maximum atomic E-state index is 3.50. The molecule has 1 unspecified atom stereocenters. The van der Waals surface area contributed by atoms with E-state index in [4.69, 9.17) is 0 Å². The number of thiophene rings is 1. The molecule has 1 N–H and O–H groups in total. The molecule has 1 fully saturated rings. The van der Waals surface area contributed by atoms with Gasteiger partial charge in [0.1, 0.15) is 0 Å². The highest BCUT2D eigenvalue weighted by atomic mass is 35.5. The third kappa shape index (κ3) is 5.03. The first-order chi connectivity index (χ1) is 8.97. The Hall–Kier alpha value is -0.0900. The Morgan fingerprint density at radius 2 is 2.00 bits per heavy atom. The number of rotatable bonds is 3. The zero-order chi connectivity index (χ0) is 13.9. The first kappa shape index (κ1) is 18.0. The summed E-state index contributed by atoms with van der Waals surface area (Å²) in [5.41, 5.74) is 0.285. The van der Waals surface area contributed by atoms with Crippen molar-refractivity contribution in [3.63, 3.8) is 0 Å². The number of hydrogen-bond donors (Lipinski definition) is 1. The van der Waals surface area contributed by atoms with Crippen LogP contribution in [0.15, 0.2) is 12.1 Å². The summed E-state index contributed by atoms with van der Waals surface area (Å²) < 4.78 is 0. The van der Waals surface area contributed by atoms with E-state index >= 15 is 0 Å². The highest BCUT2D eigenvalue weighted by molar-refractivity contribution is 7.12. The molecule has 0 aromatic carbocycles. The van der Waals surface area contributed by atoms with Crippen molar-refractivity contribution < 1.29 is 0 Å². The van der Waals surface area contributed by atoms with Crippen LogP contribution in [0.25, 0.3) is 0 Å². The molecule has 0 bridgehead atoms. The Balaban J connectivity index is 0.00000200. The van der Waals surface area contributed by atoms with Crippen molar-refractivity contribution in [2.75, 3.05) is 20.1 Å². The first-order valence-corrected chi connectivity index (χ1v) is 8.28. The molecular weight excluding hydrogens is 288 g/mol. The predicted octanol–water partition coefficient (Wildman–Crippen LogP) is 4.04. The van der Waals surface area contributed by atoms with Crippen LogP contribution in [0.3, 0.4) is 0 Å². The fourth-order valence-corrected chi connectivity index (χ4v) is 3.81. The third-order valence-corrected chi connectivity index (χ3v) is 5.47. The van der Waals surface area contributed by atoms with E-state index in [1.807, 2.05) is 11.3 Å². The number of nitrogens with zero attached hydrogens (tertiary/aromatic N) is 1. The molecule has 1 aliphatic rings. The van der Waals surface area contributed by atoms with Gasteiger partial charge in [-0.2, -0.15) is 0 Å². The minimum atomic E-state index is 0. The Labute approximate surface area is 134 Å². The molecule has 0 saturated carbocycles. The average molecular weight is 317 g/mol. The maximum absolute atomic E-state index is 3.50. The molecule has 0 radical (unpaired) electrons. The molecule has 4 heteroatoms. The van der Waals surface area contributed by atoms with Crippen molar-refractivity contribution in [3.8, 4) is 0 Å². The van der Waals surface area contributed by atoms with Crippen molar-refractivity contribution >= 4 is 23.7 Å². The standard InChI is InChI=1S/C16H28N2S.ClH/c1-16(2,3)15-8-7-14(19-15)12-18(4)13-6-5-10-17-11-9-13;/h7-8,13,17H,5-6,9-12H2,1-4H3;1H. The average Bonchev–Trinajstić information content (AvgIpc) is 2.63.